The van der Waals surface area contributed by atoms with Crippen LogP contribution >= 0.6 is 0 Å². The quantitative estimate of drug-likeness (QED) is 0.829. The van der Waals surface area contributed by atoms with Crippen LogP contribution in [0.5, 0.6) is 11.5 Å². The lowest BCUT2D eigenvalue weighted by molar-refractivity contribution is 0.0714. The van der Waals surface area contributed by atoms with E-state index in [0.29, 0.717) is 28.9 Å². The monoisotopic (exact) mass is 277 g/mol. The molecule has 0 N–H and O–H groups in total. The summed E-state index contributed by atoms with van der Waals surface area (Å²) in [4.78, 5) is 14.6. The molecule has 0 atom stereocenters. The third-order valence-electron chi connectivity index (χ3n) is 3.08. The molecular weight excluding hydrogens is 254 g/mol. The number of rotatable bonds is 5. The summed E-state index contributed by atoms with van der Waals surface area (Å²) >= 11 is 0. The van der Waals surface area contributed by atoms with Crippen molar-refractivity contribution in [1.29, 1.82) is 0 Å². The molecule has 0 fully saturated rings. The molecule has 0 aliphatic carbocycles. The second-order valence-electron chi connectivity index (χ2n) is 6.07. The van der Waals surface area contributed by atoms with Gasteiger partial charge in [0.15, 0.2) is 11.5 Å². The molecule has 4 nitrogen and oxygen atoms in total. The lowest BCUT2D eigenvalue weighted by atomic mass is 10.1. The second-order valence-corrected chi connectivity index (χ2v) is 6.07. The van der Waals surface area contributed by atoms with E-state index < -0.39 is 0 Å². The van der Waals surface area contributed by atoms with Crippen LogP contribution in [0.3, 0.4) is 0 Å². The molecule has 0 bridgehead atoms. The highest BCUT2D eigenvalue weighted by Gasteiger charge is 2.21. The van der Waals surface area contributed by atoms with Gasteiger partial charge in [0.25, 0.3) is 5.91 Å². The predicted octanol–water partition coefficient (Wildman–Crippen LogP) is 3.17. The Morgan fingerprint density at radius 1 is 1.10 bits per heavy atom. The molecule has 0 spiro atoms. The largest absolute Gasteiger partial charge is 0.454 e. The van der Waals surface area contributed by atoms with E-state index in [4.69, 9.17) is 9.47 Å². The van der Waals surface area contributed by atoms with Crippen LogP contribution in [-0.4, -0.2) is 30.7 Å². The van der Waals surface area contributed by atoms with Gasteiger partial charge in [0, 0.05) is 18.7 Å². The minimum Gasteiger partial charge on any atom is -0.454 e. The minimum atomic E-state index is 0.0608. The Labute approximate surface area is 120 Å². The van der Waals surface area contributed by atoms with Crippen LogP contribution in [0.1, 0.15) is 38.1 Å². The van der Waals surface area contributed by atoms with Gasteiger partial charge in [0.1, 0.15) is 0 Å². The smallest absolute Gasteiger partial charge is 0.254 e. The van der Waals surface area contributed by atoms with Gasteiger partial charge in [-0.15, -0.1) is 0 Å². The molecule has 0 saturated heterocycles. The zero-order valence-electron chi connectivity index (χ0n) is 12.7. The first kappa shape index (κ1) is 14.7. The lowest BCUT2D eigenvalue weighted by Gasteiger charge is -2.26. The van der Waals surface area contributed by atoms with Crippen molar-refractivity contribution >= 4 is 5.91 Å². The van der Waals surface area contributed by atoms with Gasteiger partial charge < -0.3 is 14.4 Å². The summed E-state index contributed by atoms with van der Waals surface area (Å²) in [7, 11) is 0. The van der Waals surface area contributed by atoms with Crippen LogP contribution in [0.15, 0.2) is 18.2 Å². The molecule has 4 heteroatoms. The third kappa shape index (κ3) is 3.44. The maximum absolute atomic E-state index is 12.6. The van der Waals surface area contributed by atoms with Crippen molar-refractivity contribution in [3.63, 3.8) is 0 Å². The highest BCUT2D eigenvalue weighted by molar-refractivity contribution is 5.95. The Morgan fingerprint density at radius 2 is 1.70 bits per heavy atom. The molecule has 0 aromatic heterocycles. The maximum Gasteiger partial charge on any atom is 0.254 e. The second kappa shape index (κ2) is 6.16. The van der Waals surface area contributed by atoms with Crippen LogP contribution < -0.4 is 9.47 Å². The number of nitrogens with zero attached hydrogens (tertiary/aromatic N) is 1. The van der Waals surface area contributed by atoms with Gasteiger partial charge in [-0.3, -0.25) is 4.79 Å². The summed E-state index contributed by atoms with van der Waals surface area (Å²) in [6, 6.07) is 5.39. The summed E-state index contributed by atoms with van der Waals surface area (Å²) < 4.78 is 10.6. The number of carbonyl (C=O) groups excluding carboxylic acids is 1. The van der Waals surface area contributed by atoms with Crippen molar-refractivity contribution in [2.75, 3.05) is 19.9 Å². The number of carbonyl (C=O) groups is 1. The summed E-state index contributed by atoms with van der Waals surface area (Å²) in [5.74, 6) is 2.33. The summed E-state index contributed by atoms with van der Waals surface area (Å²) in [6.07, 6.45) is 0. The number of fused-ring (bicyclic) bond motifs is 1. The van der Waals surface area contributed by atoms with E-state index in [1.54, 1.807) is 12.1 Å². The molecule has 0 saturated carbocycles. The fourth-order valence-corrected chi connectivity index (χ4v) is 2.33. The first-order valence-electron chi connectivity index (χ1n) is 7.16. The van der Waals surface area contributed by atoms with E-state index in [1.165, 1.54) is 0 Å². The van der Waals surface area contributed by atoms with E-state index in [2.05, 4.69) is 27.7 Å². The van der Waals surface area contributed by atoms with Crippen molar-refractivity contribution in [3.8, 4) is 11.5 Å². The van der Waals surface area contributed by atoms with E-state index in [0.717, 1.165) is 13.1 Å². The standard InChI is InChI=1S/C16H23NO3/c1-11(2)8-17(9-12(3)4)16(18)13-5-6-14-15(7-13)20-10-19-14/h5-7,11-12H,8-10H2,1-4H3. The molecule has 20 heavy (non-hydrogen) atoms. The molecule has 1 heterocycles. The van der Waals surface area contributed by atoms with E-state index in [-0.39, 0.29) is 12.7 Å². The molecule has 1 aliphatic heterocycles. The Hall–Kier alpha value is -1.71. The fraction of sp³-hybridized carbons (Fsp3) is 0.562. The van der Waals surface area contributed by atoms with E-state index >= 15 is 0 Å². The van der Waals surface area contributed by atoms with Crippen LogP contribution in [0.4, 0.5) is 0 Å². The average Bonchev–Trinajstić information content (AvgIpc) is 2.83. The molecular formula is C16H23NO3. The van der Waals surface area contributed by atoms with Crippen molar-refractivity contribution < 1.29 is 14.3 Å². The van der Waals surface area contributed by atoms with E-state index in [9.17, 15) is 4.79 Å². The third-order valence-corrected chi connectivity index (χ3v) is 3.08. The Kier molecular flexibility index (Phi) is 4.53. The summed E-state index contributed by atoms with van der Waals surface area (Å²) in [6.45, 7) is 10.3. The Bertz CT molecular complexity index is 473. The molecule has 2 rings (SSSR count). The Balaban J connectivity index is 2.17. The first-order chi connectivity index (χ1) is 9.47. The van der Waals surface area contributed by atoms with Crippen molar-refractivity contribution in [2.45, 2.75) is 27.7 Å². The Morgan fingerprint density at radius 3 is 2.30 bits per heavy atom. The van der Waals surface area contributed by atoms with Crippen LogP contribution in [0, 0.1) is 11.8 Å². The van der Waals surface area contributed by atoms with Gasteiger partial charge in [-0.25, -0.2) is 0 Å². The lowest BCUT2D eigenvalue weighted by Crippen LogP contribution is -2.37. The molecule has 1 aromatic carbocycles. The number of amides is 1. The highest BCUT2D eigenvalue weighted by atomic mass is 16.7. The van der Waals surface area contributed by atoms with Crippen molar-refractivity contribution in [2.24, 2.45) is 11.8 Å². The van der Waals surface area contributed by atoms with Crippen molar-refractivity contribution in [1.82, 2.24) is 4.90 Å². The number of benzene rings is 1. The van der Waals surface area contributed by atoms with Gasteiger partial charge in [-0.1, -0.05) is 27.7 Å². The first-order valence-corrected chi connectivity index (χ1v) is 7.16. The minimum absolute atomic E-state index is 0.0608. The van der Waals surface area contributed by atoms with Crippen LogP contribution in [0.25, 0.3) is 0 Å². The van der Waals surface area contributed by atoms with Gasteiger partial charge in [0.2, 0.25) is 6.79 Å². The van der Waals surface area contributed by atoms with Crippen molar-refractivity contribution in [3.05, 3.63) is 23.8 Å². The highest BCUT2D eigenvalue weighted by Crippen LogP contribution is 2.32. The number of hydrogen-bond donors (Lipinski definition) is 0. The normalized spacial score (nSPS) is 13.1. The molecule has 1 aliphatic rings. The van der Waals surface area contributed by atoms with Crippen LogP contribution in [0.2, 0.25) is 0 Å². The molecule has 1 aromatic rings. The van der Waals surface area contributed by atoms with Gasteiger partial charge in [-0.2, -0.15) is 0 Å². The van der Waals surface area contributed by atoms with Gasteiger partial charge in [-0.05, 0) is 30.0 Å². The molecule has 110 valence electrons. The summed E-state index contributed by atoms with van der Waals surface area (Å²) in [5.41, 5.74) is 0.663. The SMILES string of the molecule is CC(C)CN(CC(C)C)C(=O)c1ccc2c(c1)OCO2. The zero-order chi connectivity index (χ0) is 14.7. The predicted molar refractivity (Wildman–Crippen MR) is 78.1 cm³/mol. The number of ether oxygens (including phenoxy) is 2. The van der Waals surface area contributed by atoms with E-state index in [1.807, 2.05) is 11.0 Å². The molecule has 0 unspecified atom stereocenters. The average molecular weight is 277 g/mol. The van der Waals surface area contributed by atoms with Crippen LogP contribution in [-0.2, 0) is 0 Å². The topological polar surface area (TPSA) is 38.8 Å². The summed E-state index contributed by atoms with van der Waals surface area (Å²) in [5, 5.41) is 0. The number of hydrogen-bond acceptors (Lipinski definition) is 3. The van der Waals surface area contributed by atoms with Gasteiger partial charge in [0.05, 0.1) is 0 Å². The molecule has 1 amide bonds. The maximum atomic E-state index is 12.6. The molecule has 0 radical (unpaired) electrons. The van der Waals surface area contributed by atoms with Gasteiger partial charge >= 0.3 is 0 Å². The zero-order valence-corrected chi connectivity index (χ0v) is 12.7. The fourth-order valence-electron chi connectivity index (χ4n) is 2.33.